The molecule has 0 unspecified atom stereocenters. The number of hydrogen-bond acceptors (Lipinski definition) is 3. The van der Waals surface area contributed by atoms with E-state index in [1.165, 1.54) is 0 Å². The van der Waals surface area contributed by atoms with Crippen molar-refractivity contribution in [1.82, 2.24) is 19.4 Å². The lowest BCUT2D eigenvalue weighted by atomic mass is 10.3. The molecule has 0 N–H and O–H groups in total. The van der Waals surface area contributed by atoms with E-state index in [1.54, 1.807) is 6.20 Å². The van der Waals surface area contributed by atoms with E-state index in [9.17, 15) is 4.79 Å². The molecule has 1 aliphatic rings. The minimum absolute atomic E-state index is 0.144. The number of aromatic nitrogens is 3. The van der Waals surface area contributed by atoms with Crippen LogP contribution < -0.4 is 0 Å². The van der Waals surface area contributed by atoms with Gasteiger partial charge in [0.15, 0.2) is 5.65 Å². The summed E-state index contributed by atoms with van der Waals surface area (Å²) in [6.45, 7) is 4.04. The number of likely N-dealkylation sites (tertiary alicyclic amines) is 1. The molecule has 0 bridgehead atoms. The zero-order chi connectivity index (χ0) is 14.8. The maximum Gasteiger partial charge on any atom is 0.242 e. The van der Waals surface area contributed by atoms with Gasteiger partial charge in [0.1, 0.15) is 17.9 Å². The Morgan fingerprint density at radius 2 is 2.14 bits per heavy atom. The van der Waals surface area contributed by atoms with Crippen LogP contribution >= 0.6 is 11.6 Å². The summed E-state index contributed by atoms with van der Waals surface area (Å²) in [6.07, 6.45) is 4.61. The summed E-state index contributed by atoms with van der Waals surface area (Å²) in [6, 6.07) is 1.94. The molecule has 0 spiro atoms. The van der Waals surface area contributed by atoms with Crippen LogP contribution in [0.2, 0.25) is 0 Å². The number of carbonyl (C=O) groups is 1. The fraction of sp³-hybridized carbons (Fsp3) is 0.533. The highest BCUT2D eigenvalue weighted by Crippen LogP contribution is 2.19. The van der Waals surface area contributed by atoms with Gasteiger partial charge >= 0.3 is 0 Å². The molecular formula is C15H19ClN4O. The van der Waals surface area contributed by atoms with E-state index in [4.69, 9.17) is 11.6 Å². The molecule has 6 heteroatoms. The van der Waals surface area contributed by atoms with Crippen LogP contribution in [-0.2, 0) is 17.8 Å². The maximum atomic E-state index is 12.4. The van der Waals surface area contributed by atoms with Crippen molar-refractivity contribution in [2.45, 2.75) is 32.7 Å². The third-order valence-electron chi connectivity index (χ3n) is 3.99. The number of amides is 1. The summed E-state index contributed by atoms with van der Waals surface area (Å²) >= 11 is 5.87. The first-order valence-electron chi connectivity index (χ1n) is 7.35. The van der Waals surface area contributed by atoms with E-state index in [2.05, 4.69) is 9.97 Å². The Hall–Kier alpha value is -1.62. The lowest BCUT2D eigenvalue weighted by Gasteiger charge is -2.16. The van der Waals surface area contributed by atoms with E-state index < -0.39 is 0 Å². The molecule has 112 valence electrons. The number of alkyl halides is 1. The number of halogens is 1. The van der Waals surface area contributed by atoms with Crippen molar-refractivity contribution in [2.24, 2.45) is 0 Å². The van der Waals surface area contributed by atoms with Gasteiger partial charge in [-0.3, -0.25) is 4.79 Å². The summed E-state index contributed by atoms with van der Waals surface area (Å²) in [5.41, 5.74) is 2.72. The minimum atomic E-state index is 0.144. The summed E-state index contributed by atoms with van der Waals surface area (Å²) in [5, 5.41) is 0. The van der Waals surface area contributed by atoms with Crippen LogP contribution in [0.3, 0.4) is 0 Å². The average molecular weight is 307 g/mol. The van der Waals surface area contributed by atoms with E-state index in [0.717, 1.165) is 48.5 Å². The second-order valence-corrected chi connectivity index (χ2v) is 5.82. The number of fused-ring (bicyclic) bond motifs is 1. The molecule has 2 aromatic rings. The Balaban J connectivity index is 1.96. The van der Waals surface area contributed by atoms with Gasteiger partial charge < -0.3 is 9.47 Å². The predicted molar refractivity (Wildman–Crippen MR) is 82.5 cm³/mol. The number of rotatable bonds is 4. The average Bonchev–Trinajstić information content (AvgIpc) is 3.10. The largest absolute Gasteiger partial charge is 0.341 e. The number of hydrogen-bond donors (Lipinski definition) is 0. The Kier molecular flexibility index (Phi) is 4.10. The maximum absolute atomic E-state index is 12.4. The number of nitrogens with zero attached hydrogens (tertiary/aromatic N) is 4. The van der Waals surface area contributed by atoms with Crippen molar-refractivity contribution >= 4 is 28.7 Å². The normalized spacial score (nSPS) is 15.0. The molecule has 1 amide bonds. The molecule has 21 heavy (non-hydrogen) atoms. The van der Waals surface area contributed by atoms with Gasteiger partial charge in [-0.1, -0.05) is 0 Å². The zero-order valence-electron chi connectivity index (χ0n) is 12.2. The van der Waals surface area contributed by atoms with Crippen molar-refractivity contribution < 1.29 is 4.79 Å². The quantitative estimate of drug-likeness (QED) is 0.813. The molecule has 0 aromatic carbocycles. The molecule has 1 aliphatic heterocycles. The van der Waals surface area contributed by atoms with E-state index in [1.807, 2.05) is 22.5 Å². The third kappa shape index (κ3) is 2.75. The zero-order valence-corrected chi connectivity index (χ0v) is 12.9. The van der Waals surface area contributed by atoms with Crippen LogP contribution in [0.1, 0.15) is 24.2 Å². The highest BCUT2D eigenvalue weighted by molar-refractivity contribution is 6.17. The standard InChI is InChI=1S/C15H19ClN4O/c1-11-5-7-17-15-14(11)18-12(4-6-16)20(15)10-13(21)19-8-2-3-9-19/h5,7H,2-4,6,8-10H2,1H3. The molecule has 0 atom stereocenters. The fourth-order valence-corrected chi connectivity index (χ4v) is 3.00. The molecule has 3 heterocycles. The Labute approximate surface area is 128 Å². The van der Waals surface area contributed by atoms with Gasteiger partial charge in [0.25, 0.3) is 0 Å². The highest BCUT2D eigenvalue weighted by Gasteiger charge is 2.21. The van der Waals surface area contributed by atoms with Gasteiger partial charge in [0, 0.05) is 31.6 Å². The van der Waals surface area contributed by atoms with Gasteiger partial charge in [0.2, 0.25) is 5.91 Å². The molecule has 2 aromatic heterocycles. The topological polar surface area (TPSA) is 51.0 Å². The minimum Gasteiger partial charge on any atom is -0.341 e. The smallest absolute Gasteiger partial charge is 0.242 e. The van der Waals surface area contributed by atoms with E-state index in [0.29, 0.717) is 18.8 Å². The second kappa shape index (κ2) is 6.02. The SMILES string of the molecule is Cc1ccnc2c1nc(CCCl)n2CC(=O)N1CCCC1. The molecule has 5 nitrogen and oxygen atoms in total. The third-order valence-corrected chi connectivity index (χ3v) is 4.17. The number of carbonyl (C=O) groups excluding carboxylic acids is 1. The van der Waals surface area contributed by atoms with Gasteiger partial charge in [-0.25, -0.2) is 9.97 Å². The van der Waals surface area contributed by atoms with Crippen molar-refractivity contribution in [1.29, 1.82) is 0 Å². The first-order chi connectivity index (χ1) is 10.2. The van der Waals surface area contributed by atoms with Crippen molar-refractivity contribution in [2.75, 3.05) is 19.0 Å². The van der Waals surface area contributed by atoms with Crippen molar-refractivity contribution in [3.63, 3.8) is 0 Å². The predicted octanol–water partition coefficient (Wildman–Crippen LogP) is 2.14. The first kappa shape index (κ1) is 14.3. The second-order valence-electron chi connectivity index (χ2n) is 5.44. The molecule has 0 radical (unpaired) electrons. The first-order valence-corrected chi connectivity index (χ1v) is 7.88. The van der Waals surface area contributed by atoms with Crippen LogP contribution in [0.4, 0.5) is 0 Å². The Bertz CT molecular complexity index is 661. The summed E-state index contributed by atoms with van der Waals surface area (Å²) in [5.74, 6) is 1.47. The van der Waals surface area contributed by atoms with Gasteiger partial charge in [-0.05, 0) is 31.4 Å². The van der Waals surface area contributed by atoms with Crippen LogP contribution in [0, 0.1) is 6.92 Å². The van der Waals surface area contributed by atoms with Crippen LogP contribution in [0.25, 0.3) is 11.2 Å². The molecule has 3 rings (SSSR count). The number of pyridine rings is 1. The van der Waals surface area contributed by atoms with Crippen LogP contribution in [0.5, 0.6) is 0 Å². The molecule has 1 saturated heterocycles. The molecule has 1 fully saturated rings. The fourth-order valence-electron chi connectivity index (χ4n) is 2.83. The van der Waals surface area contributed by atoms with Gasteiger partial charge in [0.05, 0.1) is 0 Å². The summed E-state index contributed by atoms with van der Waals surface area (Å²) < 4.78 is 1.92. The van der Waals surface area contributed by atoms with E-state index >= 15 is 0 Å². The highest BCUT2D eigenvalue weighted by atomic mass is 35.5. The lowest BCUT2D eigenvalue weighted by molar-refractivity contribution is -0.130. The Morgan fingerprint density at radius 3 is 2.86 bits per heavy atom. The molecule has 0 aliphatic carbocycles. The van der Waals surface area contributed by atoms with Crippen LogP contribution in [0.15, 0.2) is 12.3 Å². The van der Waals surface area contributed by atoms with Crippen molar-refractivity contribution in [3.05, 3.63) is 23.7 Å². The van der Waals surface area contributed by atoms with Crippen molar-refractivity contribution in [3.8, 4) is 0 Å². The molecular weight excluding hydrogens is 288 g/mol. The summed E-state index contributed by atoms with van der Waals surface area (Å²) in [4.78, 5) is 23.4. The van der Waals surface area contributed by atoms with Gasteiger partial charge in [-0.2, -0.15) is 0 Å². The molecule has 0 saturated carbocycles. The monoisotopic (exact) mass is 306 g/mol. The lowest BCUT2D eigenvalue weighted by Crippen LogP contribution is -2.31. The van der Waals surface area contributed by atoms with Gasteiger partial charge in [-0.15, -0.1) is 11.6 Å². The number of imidazole rings is 1. The van der Waals surface area contributed by atoms with E-state index in [-0.39, 0.29) is 5.91 Å². The Morgan fingerprint density at radius 1 is 1.38 bits per heavy atom. The summed E-state index contributed by atoms with van der Waals surface area (Å²) in [7, 11) is 0. The number of aryl methyl sites for hydroxylation is 2. The van der Waals surface area contributed by atoms with Crippen LogP contribution in [-0.4, -0.2) is 44.3 Å².